The van der Waals surface area contributed by atoms with Crippen molar-refractivity contribution in [2.24, 2.45) is 33.5 Å². The summed E-state index contributed by atoms with van der Waals surface area (Å²) >= 11 is 0. The van der Waals surface area contributed by atoms with E-state index in [-0.39, 0.29) is 67.5 Å². The van der Waals surface area contributed by atoms with Crippen molar-refractivity contribution in [2.75, 3.05) is 33.8 Å². The van der Waals surface area contributed by atoms with Gasteiger partial charge in [-0.3, -0.25) is 29.1 Å². The number of hydrogen-bond acceptors (Lipinski definition) is 12. The van der Waals surface area contributed by atoms with Crippen molar-refractivity contribution in [3.63, 3.8) is 0 Å². The first-order valence-corrected chi connectivity index (χ1v) is 28.4. The van der Waals surface area contributed by atoms with Gasteiger partial charge in [-0.15, -0.1) is 0 Å². The summed E-state index contributed by atoms with van der Waals surface area (Å²) in [5.74, 6) is 6.94. The van der Waals surface area contributed by atoms with Crippen molar-refractivity contribution >= 4 is 51.1 Å². The average molecular weight is 1060 g/mol. The fourth-order valence-electron chi connectivity index (χ4n) is 15.6. The van der Waals surface area contributed by atoms with E-state index in [0.717, 1.165) is 154 Å². The quantitative estimate of drug-likeness (QED) is 0.0731. The van der Waals surface area contributed by atoms with E-state index in [9.17, 15) is 19.2 Å². The highest BCUT2D eigenvalue weighted by atomic mass is 16.5. The van der Waals surface area contributed by atoms with Gasteiger partial charge in [-0.2, -0.15) is 0 Å². The Morgan fingerprint density at radius 1 is 0.462 bits per heavy atom. The number of methoxy groups -OCH3 is 4. The minimum atomic E-state index is -0.385. The molecule has 14 fully saturated rings. The maximum absolute atomic E-state index is 13.7. The summed E-state index contributed by atoms with van der Waals surface area (Å²) in [6.07, 6.45) is 21.7. The van der Waals surface area contributed by atoms with Crippen LogP contribution in [0.4, 0.5) is 5.69 Å². The zero-order valence-electron chi connectivity index (χ0n) is 45.2. The molecule has 0 radical (unpaired) electrons. The van der Waals surface area contributed by atoms with Gasteiger partial charge in [0.25, 0.3) is 0 Å². The summed E-state index contributed by atoms with van der Waals surface area (Å²) < 4.78 is 34.5. The first-order valence-electron chi connectivity index (χ1n) is 28.4. The molecule has 19 rings (SSSR count). The number of rotatable bonds is 16. The number of nitrogens with zero attached hydrogens (tertiary/aromatic N) is 2. The Morgan fingerprint density at radius 3 is 1.26 bits per heavy atom. The van der Waals surface area contributed by atoms with Gasteiger partial charge >= 0.3 is 0 Å². The van der Waals surface area contributed by atoms with Crippen LogP contribution in [-0.4, -0.2) is 84.3 Å². The average Bonchev–Trinajstić information content (AvgIpc) is 1.84. The molecule has 4 amide bonds. The van der Waals surface area contributed by atoms with Crippen molar-refractivity contribution in [3.8, 4) is 40.2 Å². The molecule has 408 valence electrons. The first kappa shape index (κ1) is 49.5. The summed E-state index contributed by atoms with van der Waals surface area (Å²) in [4.78, 5) is 62.6. The van der Waals surface area contributed by atoms with Gasteiger partial charge in [0.2, 0.25) is 23.6 Å². The van der Waals surface area contributed by atoms with Gasteiger partial charge in [0.1, 0.15) is 22.8 Å². The summed E-state index contributed by atoms with van der Waals surface area (Å²) in [6, 6.07) is 18.5. The second-order valence-corrected chi connectivity index (χ2v) is 25.7. The third kappa shape index (κ3) is 7.71. The van der Waals surface area contributed by atoms with Crippen LogP contribution in [0, 0.1) is 33.5 Å². The smallest absolute Gasteiger partial charge is 0.230 e. The molecular formula is C62H70N6O10. The Morgan fingerprint density at radius 2 is 0.846 bits per heavy atom. The molecule has 0 saturated heterocycles. The monoisotopic (exact) mass is 1060 g/mol. The second kappa shape index (κ2) is 17.3. The van der Waals surface area contributed by atoms with Crippen LogP contribution in [0.15, 0.2) is 73.1 Å². The lowest BCUT2D eigenvalue weighted by Gasteiger charge is -2.63. The SMILES string of the molecule is COc1cc2nccc(OC34CC3(NC(=O)C35CCC(C(=O)NC67CC(C6)C7)(CC3)CC5)C4)c2cc1OC.COc1cc2nccc(Oc3ccc(NC(=O)C45CCC(C(=O)NC67CC(C6)C7)(CC4)CC5)cc3)c2cc1OC. The van der Waals surface area contributed by atoms with Crippen molar-refractivity contribution in [2.45, 2.75) is 151 Å². The molecular weight excluding hydrogens is 989 g/mol. The normalized spacial score (nSPS) is 35.0. The molecule has 14 aliphatic carbocycles. The summed E-state index contributed by atoms with van der Waals surface area (Å²) in [6.45, 7) is 0. The molecule has 0 spiro atoms. The number of nitrogens with one attached hydrogen (secondary N) is 4. The summed E-state index contributed by atoms with van der Waals surface area (Å²) in [5.41, 5.74) is 0.628. The van der Waals surface area contributed by atoms with Crippen LogP contribution < -0.4 is 49.7 Å². The number of fused-ring (bicyclic) bond motifs is 9. The number of amides is 4. The number of benzene rings is 3. The largest absolute Gasteiger partial charge is 0.493 e. The standard InChI is InChI=1S/C32H35N3O5.C30H35N3O5/c1-38-26-15-23-24(16-27(26)39-2)33-14-7-25(23)40-22-5-3-21(4-6-22)34-28(36)30-8-11-31(12-9-30,13-10-30)29(37)35-32-17-20(18-32)19-32;1-36-22-11-19-20(12-23(22)37-2)31-10-3-21(19)38-30-16-29(30,17-30)33-25(35)27-7-4-26(5-8-27,6-9-27)24(34)32-28-13-18(14-28)15-28/h3-7,14-16,20H,8-13,17-19H2,1-2H3,(H,34,36)(H,35,37);3,10-12,18H,4-9,13-17H2,1-2H3,(H,32,34)(H,33,35). The molecule has 2 heterocycles. The molecule has 14 aliphatic rings. The molecule has 16 heteroatoms. The number of hydrogen-bond donors (Lipinski definition) is 4. The Hall–Kier alpha value is -6.84. The van der Waals surface area contributed by atoms with E-state index < -0.39 is 0 Å². The zero-order chi connectivity index (χ0) is 53.5. The van der Waals surface area contributed by atoms with Gasteiger partial charge in [0, 0.05) is 86.6 Å². The van der Waals surface area contributed by atoms with Crippen LogP contribution in [0.3, 0.4) is 0 Å². The molecule has 78 heavy (non-hydrogen) atoms. The minimum absolute atomic E-state index is 0.0652. The molecule has 14 saturated carbocycles. The molecule has 2 aromatic heterocycles. The van der Waals surface area contributed by atoms with Crippen molar-refractivity contribution in [3.05, 3.63) is 73.1 Å². The van der Waals surface area contributed by atoms with Gasteiger partial charge in [-0.05, 0) is 176 Å². The van der Waals surface area contributed by atoms with E-state index in [4.69, 9.17) is 28.4 Å². The predicted molar refractivity (Wildman–Crippen MR) is 290 cm³/mol. The number of carbonyl (C=O) groups is 4. The van der Waals surface area contributed by atoms with Crippen LogP contribution in [0.1, 0.15) is 128 Å². The van der Waals surface area contributed by atoms with Crippen LogP contribution in [0.2, 0.25) is 0 Å². The topological polar surface area (TPSA) is 198 Å². The maximum atomic E-state index is 13.7. The lowest BCUT2D eigenvalue weighted by Crippen LogP contribution is -2.70. The van der Waals surface area contributed by atoms with Gasteiger partial charge in [-0.25, -0.2) is 0 Å². The lowest BCUT2D eigenvalue weighted by atomic mass is 9.48. The van der Waals surface area contributed by atoms with E-state index in [2.05, 4.69) is 31.2 Å². The van der Waals surface area contributed by atoms with E-state index in [1.54, 1.807) is 40.8 Å². The number of pyridine rings is 2. The fraction of sp³-hybridized carbons (Fsp3) is 0.548. The molecule has 0 aliphatic heterocycles. The molecule has 16 nitrogen and oxygen atoms in total. The Kier molecular flexibility index (Phi) is 11.0. The highest BCUT2D eigenvalue weighted by Crippen LogP contribution is 2.73. The highest BCUT2D eigenvalue weighted by Gasteiger charge is 2.88. The van der Waals surface area contributed by atoms with Crippen LogP contribution >= 0.6 is 0 Å². The Balaban J connectivity index is 0.000000142. The first-order chi connectivity index (χ1) is 37.6. The van der Waals surface area contributed by atoms with Gasteiger partial charge in [0.05, 0.1) is 45.0 Å². The molecule has 5 aromatic rings. The van der Waals surface area contributed by atoms with Crippen molar-refractivity contribution in [1.82, 2.24) is 25.9 Å². The second-order valence-electron chi connectivity index (χ2n) is 25.7. The Labute approximate surface area is 454 Å². The van der Waals surface area contributed by atoms with E-state index in [1.165, 1.54) is 19.3 Å². The van der Waals surface area contributed by atoms with E-state index >= 15 is 0 Å². The lowest BCUT2D eigenvalue weighted by molar-refractivity contribution is -0.157. The van der Waals surface area contributed by atoms with Crippen LogP contribution in [0.5, 0.6) is 40.2 Å². The molecule has 0 unspecified atom stereocenters. The Bertz CT molecular complexity index is 3250. The number of aromatic nitrogens is 2. The van der Waals surface area contributed by atoms with E-state index in [1.807, 2.05) is 60.7 Å². The van der Waals surface area contributed by atoms with E-state index in [0.29, 0.717) is 34.5 Å². The van der Waals surface area contributed by atoms with Crippen LogP contribution in [0.25, 0.3) is 21.8 Å². The molecule has 8 bridgehead atoms. The third-order valence-electron chi connectivity index (χ3n) is 21.5. The zero-order valence-corrected chi connectivity index (χ0v) is 45.2. The fourth-order valence-corrected chi connectivity index (χ4v) is 15.6. The van der Waals surface area contributed by atoms with Gasteiger partial charge in [0.15, 0.2) is 23.0 Å². The number of anilines is 1. The number of carbonyl (C=O) groups excluding carboxylic acids is 4. The summed E-state index contributed by atoms with van der Waals surface area (Å²) in [7, 11) is 6.42. The molecule has 4 N–H and O–H groups in total. The predicted octanol–water partition coefficient (Wildman–Crippen LogP) is 10.0. The highest BCUT2D eigenvalue weighted by molar-refractivity contribution is 5.97. The van der Waals surface area contributed by atoms with Crippen LogP contribution in [-0.2, 0) is 19.2 Å². The molecule has 3 aromatic carbocycles. The van der Waals surface area contributed by atoms with Crippen molar-refractivity contribution in [1.29, 1.82) is 0 Å². The van der Waals surface area contributed by atoms with Gasteiger partial charge in [-0.1, -0.05) is 0 Å². The summed E-state index contributed by atoms with van der Waals surface area (Å²) in [5, 5.41) is 15.1. The maximum Gasteiger partial charge on any atom is 0.230 e. The van der Waals surface area contributed by atoms with Gasteiger partial charge < -0.3 is 49.7 Å². The molecule has 0 atom stereocenters. The third-order valence-corrected chi connectivity index (χ3v) is 21.5. The van der Waals surface area contributed by atoms with Crippen molar-refractivity contribution < 1.29 is 47.6 Å². The minimum Gasteiger partial charge on any atom is -0.493 e. The number of ether oxygens (including phenoxy) is 6.